The van der Waals surface area contributed by atoms with Crippen molar-refractivity contribution in [3.8, 4) is 0 Å². The average molecular weight is 220 g/mol. The van der Waals surface area contributed by atoms with Crippen molar-refractivity contribution >= 4 is 0 Å². The molecule has 15 heavy (non-hydrogen) atoms. The highest BCUT2D eigenvalue weighted by Gasteiger charge is 2.24. The predicted octanol–water partition coefficient (Wildman–Crippen LogP) is 0.629. The number of aliphatic hydroxyl groups is 4. The molecule has 0 radical (unpaired) electrons. The van der Waals surface area contributed by atoms with Gasteiger partial charge in [-0.2, -0.15) is 0 Å². The molecule has 4 N–H and O–H groups in total. The van der Waals surface area contributed by atoms with Crippen molar-refractivity contribution in [2.45, 2.75) is 51.7 Å². The molecule has 1 saturated carbocycles. The Morgan fingerprint density at radius 1 is 0.933 bits per heavy atom. The second kappa shape index (κ2) is 6.43. The van der Waals surface area contributed by atoms with Crippen LogP contribution in [0, 0.1) is 5.41 Å². The Labute approximate surface area is 91.6 Å². The first-order chi connectivity index (χ1) is 6.83. The normalized spacial score (nSPS) is 20.4. The van der Waals surface area contributed by atoms with E-state index in [0.717, 1.165) is 19.3 Å². The van der Waals surface area contributed by atoms with Crippen LogP contribution in [-0.2, 0) is 0 Å². The molecule has 0 aliphatic heterocycles. The molecule has 0 spiro atoms. The monoisotopic (exact) mass is 220 g/mol. The Balaban J connectivity index is 0.000000265. The maximum absolute atomic E-state index is 8.93. The summed E-state index contributed by atoms with van der Waals surface area (Å²) in [7, 11) is 0. The summed E-state index contributed by atoms with van der Waals surface area (Å²) in [6.07, 6.45) is 4.21. The molecule has 1 fully saturated rings. The summed E-state index contributed by atoms with van der Waals surface area (Å²) >= 11 is 0. The summed E-state index contributed by atoms with van der Waals surface area (Å²) in [6, 6.07) is 0. The van der Waals surface area contributed by atoms with Gasteiger partial charge in [0.15, 0.2) is 5.79 Å². The molecule has 1 aliphatic carbocycles. The van der Waals surface area contributed by atoms with Crippen molar-refractivity contribution in [3.05, 3.63) is 0 Å². The summed E-state index contributed by atoms with van der Waals surface area (Å²) in [5, 5.41) is 34.7. The second-order valence-electron chi connectivity index (χ2n) is 5.02. The van der Waals surface area contributed by atoms with Gasteiger partial charge in [0.2, 0.25) is 0 Å². The zero-order chi connectivity index (χ0) is 11.9. The largest absolute Gasteiger partial charge is 0.396 e. The topological polar surface area (TPSA) is 80.9 Å². The molecular formula is C11H24O4. The molecule has 0 bridgehead atoms. The summed E-state index contributed by atoms with van der Waals surface area (Å²) in [4.78, 5) is 0. The van der Waals surface area contributed by atoms with Gasteiger partial charge in [-0.05, 0) is 12.8 Å². The van der Waals surface area contributed by atoms with Gasteiger partial charge in [0.05, 0.1) is 13.2 Å². The molecule has 92 valence electrons. The lowest BCUT2D eigenvalue weighted by molar-refractivity contribution is -0.180. The zero-order valence-corrected chi connectivity index (χ0v) is 9.74. The minimum Gasteiger partial charge on any atom is -0.396 e. The summed E-state index contributed by atoms with van der Waals surface area (Å²) in [5.41, 5.74) is -0.306. The van der Waals surface area contributed by atoms with E-state index in [9.17, 15) is 0 Å². The van der Waals surface area contributed by atoms with Crippen LogP contribution in [0.3, 0.4) is 0 Å². The van der Waals surface area contributed by atoms with Crippen LogP contribution < -0.4 is 0 Å². The van der Waals surface area contributed by atoms with E-state index in [-0.39, 0.29) is 18.6 Å². The SMILES string of the molecule is CC(C)(CO)CO.OC1(O)CCCCC1. The Bertz CT molecular complexity index is 152. The molecule has 1 rings (SSSR count). The maximum atomic E-state index is 8.93. The minimum atomic E-state index is -1.32. The van der Waals surface area contributed by atoms with E-state index in [1.807, 2.05) is 0 Å². The van der Waals surface area contributed by atoms with Gasteiger partial charge >= 0.3 is 0 Å². The number of aliphatic hydroxyl groups excluding tert-OH is 2. The summed E-state index contributed by atoms with van der Waals surface area (Å²) in [5.74, 6) is -1.32. The first-order valence-corrected chi connectivity index (χ1v) is 5.49. The first kappa shape index (κ1) is 14.8. The Hall–Kier alpha value is -0.160. The lowest BCUT2D eigenvalue weighted by atomic mass is 9.95. The molecule has 0 aromatic carbocycles. The van der Waals surface area contributed by atoms with Gasteiger partial charge in [-0.3, -0.25) is 0 Å². The summed E-state index contributed by atoms with van der Waals surface area (Å²) < 4.78 is 0. The Morgan fingerprint density at radius 3 is 1.47 bits per heavy atom. The van der Waals surface area contributed by atoms with Crippen molar-refractivity contribution in [1.82, 2.24) is 0 Å². The fourth-order valence-corrected chi connectivity index (χ4v) is 1.17. The molecule has 0 heterocycles. The van der Waals surface area contributed by atoms with Crippen LogP contribution in [0.4, 0.5) is 0 Å². The van der Waals surface area contributed by atoms with Crippen LogP contribution in [0.25, 0.3) is 0 Å². The van der Waals surface area contributed by atoms with E-state index >= 15 is 0 Å². The van der Waals surface area contributed by atoms with Crippen LogP contribution >= 0.6 is 0 Å². The highest BCUT2D eigenvalue weighted by molar-refractivity contribution is 4.69. The van der Waals surface area contributed by atoms with Crippen molar-refractivity contribution in [3.63, 3.8) is 0 Å². The van der Waals surface area contributed by atoms with Crippen LogP contribution in [0.1, 0.15) is 46.0 Å². The highest BCUT2D eigenvalue weighted by Crippen LogP contribution is 2.24. The van der Waals surface area contributed by atoms with Gasteiger partial charge in [-0.1, -0.05) is 20.3 Å². The number of rotatable bonds is 2. The van der Waals surface area contributed by atoms with Crippen molar-refractivity contribution in [2.75, 3.05) is 13.2 Å². The Morgan fingerprint density at radius 2 is 1.33 bits per heavy atom. The van der Waals surface area contributed by atoms with Gasteiger partial charge < -0.3 is 20.4 Å². The maximum Gasteiger partial charge on any atom is 0.162 e. The lowest BCUT2D eigenvalue weighted by Gasteiger charge is -2.25. The zero-order valence-electron chi connectivity index (χ0n) is 9.74. The van der Waals surface area contributed by atoms with E-state index in [1.54, 1.807) is 13.8 Å². The fraction of sp³-hybridized carbons (Fsp3) is 1.00. The van der Waals surface area contributed by atoms with Crippen LogP contribution in [0.2, 0.25) is 0 Å². The molecule has 0 atom stereocenters. The predicted molar refractivity (Wildman–Crippen MR) is 58.2 cm³/mol. The molecule has 0 amide bonds. The third-order valence-corrected chi connectivity index (χ3v) is 2.51. The molecule has 0 aromatic rings. The van der Waals surface area contributed by atoms with Crippen LogP contribution in [0.5, 0.6) is 0 Å². The fourth-order valence-electron chi connectivity index (χ4n) is 1.17. The first-order valence-electron chi connectivity index (χ1n) is 5.49. The van der Waals surface area contributed by atoms with E-state index in [1.165, 1.54) is 0 Å². The van der Waals surface area contributed by atoms with Gasteiger partial charge in [0.1, 0.15) is 0 Å². The van der Waals surface area contributed by atoms with E-state index in [2.05, 4.69) is 0 Å². The minimum absolute atomic E-state index is 0.0451. The third kappa shape index (κ3) is 7.73. The van der Waals surface area contributed by atoms with Crippen molar-refractivity contribution in [1.29, 1.82) is 0 Å². The molecule has 4 nitrogen and oxygen atoms in total. The van der Waals surface area contributed by atoms with Crippen LogP contribution in [0.15, 0.2) is 0 Å². The van der Waals surface area contributed by atoms with E-state index < -0.39 is 5.79 Å². The molecular weight excluding hydrogens is 196 g/mol. The summed E-state index contributed by atoms with van der Waals surface area (Å²) in [6.45, 7) is 3.69. The van der Waals surface area contributed by atoms with Gasteiger partial charge in [-0.15, -0.1) is 0 Å². The lowest BCUT2D eigenvalue weighted by Crippen LogP contribution is -2.30. The molecule has 1 aliphatic rings. The van der Waals surface area contributed by atoms with Crippen molar-refractivity contribution < 1.29 is 20.4 Å². The van der Waals surface area contributed by atoms with Crippen molar-refractivity contribution in [2.24, 2.45) is 5.41 Å². The molecule has 4 heteroatoms. The highest BCUT2D eigenvalue weighted by atomic mass is 16.5. The van der Waals surface area contributed by atoms with Gasteiger partial charge in [0.25, 0.3) is 0 Å². The smallest absolute Gasteiger partial charge is 0.162 e. The van der Waals surface area contributed by atoms with Gasteiger partial charge in [0, 0.05) is 18.3 Å². The Kier molecular flexibility index (Phi) is 6.36. The van der Waals surface area contributed by atoms with Gasteiger partial charge in [-0.25, -0.2) is 0 Å². The standard InChI is InChI=1S/C6H12O2.C5H12O2/c7-6(8)4-2-1-3-5-6;1-5(2,3-6)4-7/h7-8H,1-5H2;6-7H,3-4H2,1-2H3. The molecule has 0 unspecified atom stereocenters. The quantitative estimate of drug-likeness (QED) is 0.514. The molecule has 0 aromatic heterocycles. The average Bonchev–Trinajstić information content (AvgIpc) is 2.18. The van der Waals surface area contributed by atoms with E-state index in [0.29, 0.717) is 12.8 Å². The van der Waals surface area contributed by atoms with Crippen LogP contribution in [-0.4, -0.2) is 39.4 Å². The number of hydrogen-bond acceptors (Lipinski definition) is 4. The third-order valence-electron chi connectivity index (χ3n) is 2.51. The number of hydrogen-bond donors (Lipinski definition) is 4. The second-order valence-corrected chi connectivity index (χ2v) is 5.02. The molecule has 0 saturated heterocycles. The van der Waals surface area contributed by atoms with E-state index in [4.69, 9.17) is 20.4 Å².